The van der Waals surface area contributed by atoms with Crippen molar-refractivity contribution in [1.29, 1.82) is 0 Å². The van der Waals surface area contributed by atoms with Crippen LogP contribution in [0.25, 0.3) is 16.6 Å². The Balaban J connectivity index is 1.67. The molecule has 0 unspecified atom stereocenters. The van der Waals surface area contributed by atoms with Gasteiger partial charge in [-0.25, -0.2) is 4.52 Å². The van der Waals surface area contributed by atoms with Crippen molar-refractivity contribution in [3.05, 3.63) is 36.4 Å². The number of aliphatic hydroxyl groups is 1. The highest BCUT2D eigenvalue weighted by Gasteiger charge is 2.32. The summed E-state index contributed by atoms with van der Waals surface area (Å²) in [5.41, 5.74) is 9.32. The maximum absolute atomic E-state index is 12.3. The molecule has 33 heavy (non-hydrogen) atoms. The molecule has 0 aliphatic carbocycles. The van der Waals surface area contributed by atoms with Crippen LogP contribution in [0.3, 0.4) is 0 Å². The van der Waals surface area contributed by atoms with Gasteiger partial charge in [-0.05, 0) is 38.7 Å². The molecule has 3 aromatic rings. The lowest BCUT2D eigenvalue weighted by atomic mass is 9.89. The van der Waals surface area contributed by atoms with Crippen LogP contribution in [-0.2, 0) is 11.3 Å². The van der Waals surface area contributed by atoms with E-state index in [9.17, 15) is 14.7 Å². The normalized spacial score (nSPS) is 19.6. The molecule has 176 valence electrons. The quantitative estimate of drug-likeness (QED) is 0.499. The number of aryl methyl sites for hydroxylation is 1. The molecule has 4 heterocycles. The highest BCUT2D eigenvalue weighted by atomic mass is 16.3. The molecule has 3 atom stereocenters. The van der Waals surface area contributed by atoms with E-state index in [0.29, 0.717) is 30.8 Å². The van der Waals surface area contributed by atoms with Crippen molar-refractivity contribution in [3.63, 3.8) is 0 Å². The van der Waals surface area contributed by atoms with Gasteiger partial charge in [-0.2, -0.15) is 10.2 Å². The Morgan fingerprint density at radius 1 is 1.24 bits per heavy atom. The molecule has 1 fully saturated rings. The number of nitrogens with one attached hydrogen (secondary N) is 1. The molecule has 3 aromatic heterocycles. The number of carbonyl (C=O) groups is 2. The van der Waals surface area contributed by atoms with Gasteiger partial charge < -0.3 is 21.1 Å². The molecule has 1 aliphatic heterocycles. The smallest absolute Gasteiger partial charge is 0.252 e. The Morgan fingerprint density at radius 2 is 2.03 bits per heavy atom. The van der Waals surface area contributed by atoms with Gasteiger partial charge >= 0.3 is 0 Å². The number of hydrogen-bond acceptors (Lipinski definition) is 6. The number of carbonyl (C=O) groups excluding carboxylic acids is 2. The first-order valence-electron chi connectivity index (χ1n) is 11.4. The third-order valence-corrected chi connectivity index (χ3v) is 6.45. The number of primary amides is 1. The summed E-state index contributed by atoms with van der Waals surface area (Å²) in [6, 6.07) is 2.02. The topological polar surface area (TPSA) is 131 Å². The van der Waals surface area contributed by atoms with E-state index < -0.39 is 12.0 Å². The fourth-order valence-corrected chi connectivity index (χ4v) is 4.52. The lowest BCUT2D eigenvalue weighted by Crippen LogP contribution is -2.50. The monoisotopic (exact) mass is 453 g/mol. The number of anilines is 1. The summed E-state index contributed by atoms with van der Waals surface area (Å²) in [5.74, 6) is -0.642. The molecule has 2 amide bonds. The molecule has 0 spiro atoms. The molecule has 1 saturated heterocycles. The number of hydrogen-bond donors (Lipinski definition) is 3. The van der Waals surface area contributed by atoms with Gasteiger partial charge in [-0.1, -0.05) is 6.92 Å². The maximum atomic E-state index is 12.3. The fourth-order valence-electron chi connectivity index (χ4n) is 4.52. The van der Waals surface area contributed by atoms with Crippen LogP contribution in [0.5, 0.6) is 0 Å². The van der Waals surface area contributed by atoms with E-state index in [0.717, 1.165) is 29.6 Å². The number of amides is 2. The second kappa shape index (κ2) is 9.22. The van der Waals surface area contributed by atoms with Crippen LogP contribution in [0.15, 0.2) is 30.9 Å². The van der Waals surface area contributed by atoms with Gasteiger partial charge in [0.25, 0.3) is 11.8 Å². The SMILES string of the molecule is CC[C@H]1CN(C(=O)[C@@H](C)O)CC[C@H]1Nc1c(C(N)=O)cnn2cc(-c3cnn(CC)c3)cc12. The van der Waals surface area contributed by atoms with Gasteiger partial charge in [0.1, 0.15) is 6.10 Å². The highest BCUT2D eigenvalue weighted by Crippen LogP contribution is 2.31. The summed E-state index contributed by atoms with van der Waals surface area (Å²) in [4.78, 5) is 26.2. The minimum atomic E-state index is -1.01. The van der Waals surface area contributed by atoms with Crippen molar-refractivity contribution in [2.45, 2.75) is 52.3 Å². The van der Waals surface area contributed by atoms with Gasteiger partial charge in [0, 0.05) is 49.2 Å². The Morgan fingerprint density at radius 3 is 2.67 bits per heavy atom. The molecular weight excluding hydrogens is 422 g/mol. The molecule has 0 saturated carbocycles. The number of aromatic nitrogens is 4. The predicted molar refractivity (Wildman–Crippen MR) is 125 cm³/mol. The molecule has 10 heteroatoms. The van der Waals surface area contributed by atoms with Crippen LogP contribution in [0.2, 0.25) is 0 Å². The Labute approximate surface area is 192 Å². The lowest BCUT2D eigenvalue weighted by molar-refractivity contribution is -0.141. The van der Waals surface area contributed by atoms with Crippen molar-refractivity contribution in [2.75, 3.05) is 18.4 Å². The number of likely N-dealkylation sites (tertiary alicyclic amines) is 1. The first-order chi connectivity index (χ1) is 15.8. The zero-order valence-corrected chi connectivity index (χ0v) is 19.2. The van der Waals surface area contributed by atoms with Gasteiger partial charge in [-0.15, -0.1) is 0 Å². The lowest BCUT2D eigenvalue weighted by Gasteiger charge is -2.39. The largest absolute Gasteiger partial charge is 0.384 e. The van der Waals surface area contributed by atoms with E-state index in [-0.39, 0.29) is 17.9 Å². The second-order valence-corrected chi connectivity index (χ2v) is 8.61. The van der Waals surface area contributed by atoms with Gasteiger partial charge in [-0.3, -0.25) is 14.3 Å². The molecule has 1 aliphatic rings. The number of nitrogens with zero attached hydrogens (tertiary/aromatic N) is 5. The van der Waals surface area contributed by atoms with E-state index in [2.05, 4.69) is 22.4 Å². The summed E-state index contributed by atoms with van der Waals surface area (Å²) in [7, 11) is 0. The van der Waals surface area contributed by atoms with Crippen LogP contribution in [0.4, 0.5) is 5.69 Å². The summed E-state index contributed by atoms with van der Waals surface area (Å²) < 4.78 is 3.59. The molecule has 4 rings (SSSR count). The zero-order chi connectivity index (χ0) is 23.7. The fraction of sp³-hybridized carbons (Fsp3) is 0.478. The summed E-state index contributed by atoms with van der Waals surface area (Å²) in [6.07, 6.45) is 7.70. The van der Waals surface area contributed by atoms with Gasteiger partial charge in [0.2, 0.25) is 0 Å². The Kier molecular flexibility index (Phi) is 6.37. The van der Waals surface area contributed by atoms with E-state index in [1.54, 1.807) is 9.42 Å². The third-order valence-electron chi connectivity index (χ3n) is 6.45. The van der Waals surface area contributed by atoms with E-state index in [1.807, 2.05) is 36.3 Å². The van der Waals surface area contributed by atoms with E-state index in [4.69, 9.17) is 5.73 Å². The van der Waals surface area contributed by atoms with Gasteiger partial charge in [0.05, 0.1) is 29.2 Å². The molecule has 0 bridgehead atoms. The maximum Gasteiger partial charge on any atom is 0.252 e. The average Bonchev–Trinajstić information content (AvgIpc) is 3.45. The first-order valence-corrected chi connectivity index (χ1v) is 11.4. The minimum Gasteiger partial charge on any atom is -0.384 e. The third kappa shape index (κ3) is 4.43. The van der Waals surface area contributed by atoms with Crippen molar-refractivity contribution in [1.82, 2.24) is 24.3 Å². The summed E-state index contributed by atoms with van der Waals surface area (Å²) in [6.45, 7) is 7.46. The van der Waals surface area contributed by atoms with E-state index in [1.165, 1.54) is 13.1 Å². The molecule has 10 nitrogen and oxygen atoms in total. The number of piperidine rings is 1. The average molecular weight is 454 g/mol. The second-order valence-electron chi connectivity index (χ2n) is 8.61. The Hall–Kier alpha value is -3.40. The molecule has 0 aromatic carbocycles. The van der Waals surface area contributed by atoms with Crippen LogP contribution in [0, 0.1) is 5.92 Å². The molecule has 0 radical (unpaired) electrons. The molecular formula is C23H31N7O3. The summed E-state index contributed by atoms with van der Waals surface area (Å²) >= 11 is 0. The van der Waals surface area contributed by atoms with Crippen molar-refractivity contribution >= 4 is 23.0 Å². The predicted octanol–water partition coefficient (Wildman–Crippen LogP) is 1.74. The first kappa shape index (κ1) is 22.8. The Bertz CT molecular complexity index is 1170. The van der Waals surface area contributed by atoms with Crippen LogP contribution in [-0.4, -0.2) is 66.5 Å². The number of nitrogens with two attached hydrogens (primary N) is 1. The van der Waals surface area contributed by atoms with Crippen LogP contribution < -0.4 is 11.1 Å². The highest BCUT2D eigenvalue weighted by molar-refractivity contribution is 6.02. The van der Waals surface area contributed by atoms with Crippen molar-refractivity contribution < 1.29 is 14.7 Å². The zero-order valence-electron chi connectivity index (χ0n) is 19.2. The van der Waals surface area contributed by atoms with Crippen LogP contribution >= 0.6 is 0 Å². The summed E-state index contributed by atoms with van der Waals surface area (Å²) in [5, 5.41) is 22.0. The van der Waals surface area contributed by atoms with E-state index >= 15 is 0 Å². The molecule has 4 N–H and O–H groups in total. The van der Waals surface area contributed by atoms with Crippen LogP contribution in [0.1, 0.15) is 44.0 Å². The number of rotatable bonds is 7. The minimum absolute atomic E-state index is 0.0403. The van der Waals surface area contributed by atoms with Crippen molar-refractivity contribution in [3.8, 4) is 11.1 Å². The number of aliphatic hydroxyl groups excluding tert-OH is 1. The van der Waals surface area contributed by atoms with Gasteiger partial charge in [0.15, 0.2) is 0 Å². The standard InChI is InChI=1S/C23H31N7O3/c1-4-15-11-28(23(33)14(3)31)7-6-19(15)27-21-18(22(24)32)10-26-30-13-16(8-20(21)30)17-9-25-29(5-2)12-17/h8-10,12-15,19,27,31H,4-7,11H2,1-3H3,(H2,24,32)/t14-,15+,19-/m1/s1. The number of fused-ring (bicyclic) bond motifs is 1. The van der Waals surface area contributed by atoms with Crippen molar-refractivity contribution in [2.24, 2.45) is 11.7 Å².